The molecule has 2 aromatic rings. The third kappa shape index (κ3) is 4.00. The molecule has 2 fully saturated rings. The molecule has 1 saturated carbocycles. The minimum atomic E-state index is -0.452. The van der Waals surface area contributed by atoms with Crippen molar-refractivity contribution in [2.75, 3.05) is 25.1 Å². The summed E-state index contributed by atoms with van der Waals surface area (Å²) >= 11 is 0. The predicted molar refractivity (Wildman–Crippen MR) is 109 cm³/mol. The van der Waals surface area contributed by atoms with E-state index >= 15 is 0 Å². The molecule has 1 aliphatic carbocycles. The second-order valence-corrected chi connectivity index (χ2v) is 7.87. The molecule has 29 heavy (non-hydrogen) atoms. The third-order valence-electron chi connectivity index (χ3n) is 5.84. The highest BCUT2D eigenvalue weighted by molar-refractivity contribution is 6.06. The van der Waals surface area contributed by atoms with Crippen LogP contribution in [0.4, 0.5) is 5.69 Å². The molecule has 4 rings (SSSR count). The second-order valence-electron chi connectivity index (χ2n) is 7.87. The number of nitrogens with one attached hydrogen (secondary N) is 2. The predicted octanol–water partition coefficient (Wildman–Crippen LogP) is 2.07. The molecule has 2 amide bonds. The zero-order chi connectivity index (χ0) is 20.4. The average Bonchev–Trinajstić information content (AvgIpc) is 3.30. The Balaban J connectivity index is 1.69. The number of rotatable bonds is 7. The summed E-state index contributed by atoms with van der Waals surface area (Å²) in [5.41, 5.74) is 2.55. The molecule has 156 valence electrons. The number of aromatic nitrogens is 2. The number of carbonyl (C=O) groups excluding carboxylic acids is 2. The highest BCUT2D eigenvalue weighted by Crippen LogP contribution is 2.38. The maximum atomic E-state index is 12.7. The van der Waals surface area contributed by atoms with E-state index in [4.69, 9.17) is 14.8 Å². The highest BCUT2D eigenvalue weighted by Gasteiger charge is 2.28. The van der Waals surface area contributed by atoms with Gasteiger partial charge in [0.25, 0.3) is 11.8 Å². The minimum Gasteiger partial charge on any atom is -0.396 e. The van der Waals surface area contributed by atoms with Gasteiger partial charge in [-0.2, -0.15) is 0 Å². The summed E-state index contributed by atoms with van der Waals surface area (Å²) < 4.78 is 7.54. The standard InChI is InChI=1S/C21H28N4O4/c1-25-18-15(23-19(25)13-5-2-6-13)11-14(20(27)22-8-4-9-26)12-16(18)24-21(28)17-7-3-10-29-17/h11-13,17,26H,2-10H2,1H3,(H,22,27)(H,24,28). The van der Waals surface area contributed by atoms with Crippen LogP contribution >= 0.6 is 0 Å². The van der Waals surface area contributed by atoms with Gasteiger partial charge in [-0.1, -0.05) is 6.42 Å². The third-order valence-corrected chi connectivity index (χ3v) is 5.84. The molecule has 1 aromatic carbocycles. The van der Waals surface area contributed by atoms with Gasteiger partial charge in [-0.05, 0) is 44.2 Å². The lowest BCUT2D eigenvalue weighted by molar-refractivity contribution is -0.124. The van der Waals surface area contributed by atoms with Crippen molar-refractivity contribution in [1.29, 1.82) is 0 Å². The zero-order valence-corrected chi connectivity index (χ0v) is 16.7. The van der Waals surface area contributed by atoms with Crippen molar-refractivity contribution in [2.45, 2.75) is 50.5 Å². The topological polar surface area (TPSA) is 105 Å². The average molecular weight is 400 g/mol. The van der Waals surface area contributed by atoms with Gasteiger partial charge in [0.2, 0.25) is 0 Å². The molecular formula is C21H28N4O4. The first-order valence-corrected chi connectivity index (χ1v) is 10.4. The van der Waals surface area contributed by atoms with Gasteiger partial charge in [0.05, 0.1) is 16.7 Å². The lowest BCUT2D eigenvalue weighted by atomic mass is 9.85. The van der Waals surface area contributed by atoms with Crippen molar-refractivity contribution in [3.05, 3.63) is 23.5 Å². The number of fused-ring (bicyclic) bond motifs is 1. The van der Waals surface area contributed by atoms with E-state index in [2.05, 4.69) is 10.6 Å². The first-order valence-electron chi connectivity index (χ1n) is 10.4. The van der Waals surface area contributed by atoms with Crippen LogP contribution in [0, 0.1) is 0 Å². The van der Waals surface area contributed by atoms with Crippen molar-refractivity contribution in [3.63, 3.8) is 0 Å². The monoisotopic (exact) mass is 400 g/mol. The van der Waals surface area contributed by atoms with E-state index in [0.29, 0.717) is 48.7 Å². The summed E-state index contributed by atoms with van der Waals surface area (Å²) in [6.07, 6.45) is 5.05. The largest absolute Gasteiger partial charge is 0.396 e. The fourth-order valence-corrected chi connectivity index (χ4v) is 4.01. The van der Waals surface area contributed by atoms with Crippen LogP contribution in [-0.4, -0.2) is 52.3 Å². The molecule has 1 atom stereocenters. The minimum absolute atomic E-state index is 0.0208. The van der Waals surface area contributed by atoms with Gasteiger partial charge in [-0.3, -0.25) is 9.59 Å². The lowest BCUT2D eigenvalue weighted by Crippen LogP contribution is -2.28. The molecule has 0 radical (unpaired) electrons. The fraction of sp³-hybridized carbons (Fsp3) is 0.571. The van der Waals surface area contributed by atoms with Gasteiger partial charge in [0.1, 0.15) is 11.9 Å². The number of aliphatic hydroxyl groups is 1. The summed E-state index contributed by atoms with van der Waals surface area (Å²) in [4.78, 5) is 30.1. The van der Waals surface area contributed by atoms with E-state index < -0.39 is 6.10 Å². The number of carbonyl (C=O) groups is 2. The number of nitrogens with zero attached hydrogens (tertiary/aromatic N) is 2. The Kier molecular flexibility index (Phi) is 5.82. The fourth-order valence-electron chi connectivity index (χ4n) is 4.01. The molecule has 1 aromatic heterocycles. The number of aryl methyl sites for hydroxylation is 1. The molecule has 8 nitrogen and oxygen atoms in total. The van der Waals surface area contributed by atoms with Gasteiger partial charge in [-0.25, -0.2) is 4.98 Å². The van der Waals surface area contributed by atoms with Crippen LogP contribution in [-0.2, 0) is 16.6 Å². The van der Waals surface area contributed by atoms with Crippen LogP contribution in [0.2, 0.25) is 0 Å². The summed E-state index contributed by atoms with van der Waals surface area (Å²) in [6, 6.07) is 3.48. The summed E-state index contributed by atoms with van der Waals surface area (Å²) in [5, 5.41) is 14.7. The summed E-state index contributed by atoms with van der Waals surface area (Å²) in [6.45, 7) is 1.01. The quantitative estimate of drug-likeness (QED) is 0.617. The normalized spacial score (nSPS) is 19.3. The van der Waals surface area contributed by atoms with E-state index in [1.165, 1.54) is 6.42 Å². The van der Waals surface area contributed by atoms with E-state index in [0.717, 1.165) is 30.6 Å². The Bertz CT molecular complexity index is 913. The van der Waals surface area contributed by atoms with E-state index in [1.807, 2.05) is 11.6 Å². The lowest BCUT2D eigenvalue weighted by Gasteiger charge is -2.24. The van der Waals surface area contributed by atoms with Crippen molar-refractivity contribution in [1.82, 2.24) is 14.9 Å². The highest BCUT2D eigenvalue weighted by atomic mass is 16.5. The SMILES string of the molecule is Cn1c(C2CCC2)nc2cc(C(=O)NCCCO)cc(NC(=O)C3CCCO3)c21. The zero-order valence-electron chi connectivity index (χ0n) is 16.7. The molecule has 2 heterocycles. The second kappa shape index (κ2) is 8.51. The maximum absolute atomic E-state index is 12.7. The number of benzene rings is 1. The van der Waals surface area contributed by atoms with Crippen molar-refractivity contribution >= 4 is 28.5 Å². The van der Waals surface area contributed by atoms with Crippen molar-refractivity contribution < 1.29 is 19.4 Å². The molecule has 8 heteroatoms. The number of hydrogen-bond donors (Lipinski definition) is 3. The molecule has 0 spiro atoms. The molecule has 3 N–H and O–H groups in total. The number of aliphatic hydroxyl groups excluding tert-OH is 1. The van der Waals surface area contributed by atoms with Crippen LogP contribution in [0.1, 0.15) is 60.6 Å². The number of imidazole rings is 1. The molecule has 0 bridgehead atoms. The maximum Gasteiger partial charge on any atom is 0.253 e. The smallest absolute Gasteiger partial charge is 0.253 e. The van der Waals surface area contributed by atoms with E-state index in [1.54, 1.807) is 12.1 Å². The van der Waals surface area contributed by atoms with Crippen LogP contribution in [0.15, 0.2) is 12.1 Å². The summed E-state index contributed by atoms with van der Waals surface area (Å²) in [5.74, 6) is 0.990. The Morgan fingerprint density at radius 2 is 2.10 bits per heavy atom. The van der Waals surface area contributed by atoms with Gasteiger partial charge >= 0.3 is 0 Å². The van der Waals surface area contributed by atoms with Crippen molar-refractivity contribution in [2.24, 2.45) is 7.05 Å². The van der Waals surface area contributed by atoms with Crippen LogP contribution in [0.25, 0.3) is 11.0 Å². The number of amides is 2. The Labute approximate surface area is 169 Å². The van der Waals surface area contributed by atoms with E-state index in [9.17, 15) is 9.59 Å². The Morgan fingerprint density at radius 1 is 1.28 bits per heavy atom. The number of anilines is 1. The van der Waals surface area contributed by atoms with E-state index in [-0.39, 0.29) is 18.4 Å². The molecule has 1 saturated heterocycles. The van der Waals surface area contributed by atoms with Crippen LogP contribution in [0.3, 0.4) is 0 Å². The number of ether oxygens (including phenoxy) is 1. The first-order chi connectivity index (χ1) is 14.1. The van der Waals surface area contributed by atoms with Gasteiger partial charge < -0.3 is 25.0 Å². The summed E-state index contributed by atoms with van der Waals surface area (Å²) in [7, 11) is 1.96. The first kappa shape index (κ1) is 19.8. The molecule has 1 unspecified atom stereocenters. The molecular weight excluding hydrogens is 372 g/mol. The van der Waals surface area contributed by atoms with Gasteiger partial charge in [-0.15, -0.1) is 0 Å². The van der Waals surface area contributed by atoms with Crippen LogP contribution < -0.4 is 10.6 Å². The van der Waals surface area contributed by atoms with Gasteiger partial charge in [0, 0.05) is 38.3 Å². The Morgan fingerprint density at radius 3 is 2.76 bits per heavy atom. The molecule has 2 aliphatic rings. The number of hydrogen-bond acceptors (Lipinski definition) is 5. The molecule has 1 aliphatic heterocycles. The van der Waals surface area contributed by atoms with Crippen molar-refractivity contribution in [3.8, 4) is 0 Å². The Hall–Kier alpha value is -2.45. The van der Waals surface area contributed by atoms with Gasteiger partial charge in [0.15, 0.2) is 0 Å². The van der Waals surface area contributed by atoms with Crippen LogP contribution in [0.5, 0.6) is 0 Å².